The summed E-state index contributed by atoms with van der Waals surface area (Å²) in [5, 5.41) is 27.6. The molecule has 0 saturated carbocycles. The van der Waals surface area contributed by atoms with E-state index in [4.69, 9.17) is 5.73 Å². The molecule has 0 saturated heterocycles. The van der Waals surface area contributed by atoms with Gasteiger partial charge in [0.1, 0.15) is 0 Å². The molecule has 0 fully saturated rings. The number of nitrogens with zero attached hydrogens (tertiary/aromatic N) is 2. The number of nitrogens with two attached hydrogens (primary N) is 1. The summed E-state index contributed by atoms with van der Waals surface area (Å²) in [7, 11) is 1.78. The molecule has 0 heterocycles. The number of carboxylic acids is 2. The summed E-state index contributed by atoms with van der Waals surface area (Å²) in [6.07, 6.45) is -1.91. The molecular formula is C23H43N7O8. The summed E-state index contributed by atoms with van der Waals surface area (Å²) in [5.74, 6) is -5.03. The first-order valence-corrected chi connectivity index (χ1v) is 12.7. The lowest BCUT2D eigenvalue weighted by molar-refractivity contribution is -0.145. The van der Waals surface area contributed by atoms with Crippen LogP contribution in [0.15, 0.2) is 0 Å². The van der Waals surface area contributed by atoms with E-state index in [2.05, 4.69) is 21.3 Å². The van der Waals surface area contributed by atoms with Crippen LogP contribution in [0.5, 0.6) is 0 Å². The Balaban J connectivity index is 4.73. The normalized spacial score (nSPS) is 12.5. The first-order chi connectivity index (χ1) is 17.9. The van der Waals surface area contributed by atoms with Crippen LogP contribution in [0.3, 0.4) is 0 Å². The maximum absolute atomic E-state index is 12.4. The molecule has 0 rings (SSSR count). The third-order valence-corrected chi connectivity index (χ3v) is 5.27. The van der Waals surface area contributed by atoms with E-state index >= 15 is 0 Å². The zero-order valence-electron chi connectivity index (χ0n) is 22.5. The van der Waals surface area contributed by atoms with E-state index in [1.165, 1.54) is 0 Å². The first kappa shape index (κ1) is 34.7. The lowest BCUT2D eigenvalue weighted by Gasteiger charge is -2.23. The fourth-order valence-corrected chi connectivity index (χ4v) is 3.27. The largest absolute Gasteiger partial charge is 0.478 e. The smallest absolute Gasteiger partial charge is 0.347 e. The number of hydrogen-bond donors (Lipinski definition) is 7. The second-order valence-corrected chi connectivity index (χ2v) is 8.75. The van der Waals surface area contributed by atoms with Crippen LogP contribution in [0.1, 0.15) is 52.4 Å². The Bertz CT molecular complexity index is 796. The molecule has 0 aromatic heterocycles. The van der Waals surface area contributed by atoms with Crippen molar-refractivity contribution in [2.45, 2.75) is 64.7 Å². The number of hydrogen-bond acceptors (Lipinski definition) is 9. The molecule has 0 aliphatic rings. The molecule has 2 atom stereocenters. The molecule has 15 heteroatoms. The van der Waals surface area contributed by atoms with Gasteiger partial charge in [-0.15, -0.1) is 0 Å². The second kappa shape index (κ2) is 19.8. The zero-order valence-corrected chi connectivity index (χ0v) is 22.5. The maximum Gasteiger partial charge on any atom is 0.347 e. The van der Waals surface area contributed by atoms with E-state index in [-0.39, 0.29) is 38.8 Å². The minimum atomic E-state index is -1.59. The van der Waals surface area contributed by atoms with E-state index in [0.29, 0.717) is 39.0 Å². The highest BCUT2D eigenvalue weighted by atomic mass is 16.4. The van der Waals surface area contributed by atoms with Crippen molar-refractivity contribution >= 4 is 35.6 Å². The Kier molecular flexibility index (Phi) is 18.0. The highest BCUT2D eigenvalue weighted by molar-refractivity contribution is 5.88. The topological polar surface area (TPSA) is 223 Å². The van der Waals surface area contributed by atoms with Gasteiger partial charge < -0.3 is 47.0 Å². The van der Waals surface area contributed by atoms with Gasteiger partial charge in [0.2, 0.25) is 36.0 Å². The van der Waals surface area contributed by atoms with Crippen LogP contribution in [0.2, 0.25) is 0 Å². The molecule has 0 aromatic carbocycles. The van der Waals surface area contributed by atoms with Crippen molar-refractivity contribution in [1.82, 2.24) is 31.1 Å². The number of aliphatic carboxylic acids is 2. The molecule has 2 unspecified atom stereocenters. The Labute approximate surface area is 222 Å². The lowest BCUT2D eigenvalue weighted by Crippen LogP contribution is -2.53. The number of carbonyl (C=O) groups is 6. The highest BCUT2D eigenvalue weighted by Gasteiger charge is 2.24. The predicted molar refractivity (Wildman–Crippen MR) is 137 cm³/mol. The van der Waals surface area contributed by atoms with Crippen molar-refractivity contribution in [3.05, 3.63) is 0 Å². The van der Waals surface area contributed by atoms with Crippen molar-refractivity contribution in [3.63, 3.8) is 0 Å². The van der Waals surface area contributed by atoms with E-state index in [0.717, 1.165) is 0 Å². The van der Waals surface area contributed by atoms with Gasteiger partial charge in [-0.2, -0.15) is 0 Å². The van der Waals surface area contributed by atoms with Gasteiger partial charge in [0.25, 0.3) is 0 Å². The average molecular weight is 546 g/mol. The van der Waals surface area contributed by atoms with Gasteiger partial charge in [-0.25, -0.2) is 9.59 Å². The van der Waals surface area contributed by atoms with Crippen LogP contribution in [0, 0.1) is 0 Å². The van der Waals surface area contributed by atoms with Gasteiger partial charge in [0, 0.05) is 58.4 Å². The van der Waals surface area contributed by atoms with Gasteiger partial charge >= 0.3 is 11.9 Å². The number of likely N-dealkylation sites (N-methyl/N-ethyl adjacent to an activating group) is 1. The van der Waals surface area contributed by atoms with E-state index in [1.54, 1.807) is 18.9 Å². The van der Waals surface area contributed by atoms with Gasteiger partial charge in [0.05, 0.1) is 0 Å². The Morgan fingerprint density at radius 3 is 1.37 bits per heavy atom. The van der Waals surface area contributed by atoms with Crippen LogP contribution in [-0.4, -0.2) is 114 Å². The molecule has 0 radical (unpaired) electrons. The monoisotopic (exact) mass is 545 g/mol. The summed E-state index contributed by atoms with van der Waals surface area (Å²) >= 11 is 0. The molecule has 0 spiro atoms. The molecule has 8 N–H and O–H groups in total. The minimum absolute atomic E-state index is 0.0352. The summed E-state index contributed by atoms with van der Waals surface area (Å²) in [4.78, 5) is 74.8. The maximum atomic E-state index is 12.4. The van der Waals surface area contributed by atoms with Gasteiger partial charge in [-0.05, 0) is 26.4 Å². The fraction of sp³-hybridized carbons (Fsp3) is 0.739. The van der Waals surface area contributed by atoms with E-state index in [1.807, 2.05) is 11.8 Å². The molecule has 0 aliphatic carbocycles. The molecule has 0 aromatic rings. The highest BCUT2D eigenvalue weighted by Crippen LogP contribution is 1.99. The Hall–Kier alpha value is -3.30. The molecule has 4 amide bonds. The third kappa shape index (κ3) is 16.4. The molecule has 0 bridgehead atoms. The summed E-state index contributed by atoms with van der Waals surface area (Å²) in [5.41, 5.74) is 5.44. The minimum Gasteiger partial charge on any atom is -0.478 e. The van der Waals surface area contributed by atoms with Gasteiger partial charge in [0.15, 0.2) is 0 Å². The molecule has 15 nitrogen and oxygen atoms in total. The fourth-order valence-electron chi connectivity index (χ4n) is 3.27. The standard InChI is InChI=1S/C23H43N7O8/c1-4-6-16(31)25-20(22(35)36)27-18(33)8-13-30(11-5-2)14-9-19(34)28-21(23(37)38)26-17(32)7-12-29(3)15-10-24/h20-21H,4-15,24H2,1-3H3,(H,25,31)(H,26,32)(H,27,33)(H,28,34)(H,35,36)(H,37,38). The quantitative estimate of drug-likeness (QED) is 0.0770. The number of nitrogens with one attached hydrogen (secondary N) is 4. The van der Waals surface area contributed by atoms with E-state index < -0.39 is 47.9 Å². The van der Waals surface area contributed by atoms with Crippen LogP contribution >= 0.6 is 0 Å². The number of rotatable bonds is 21. The number of amides is 4. The number of carboxylic acid groups (broad SMARTS) is 2. The van der Waals surface area contributed by atoms with Crippen LogP contribution in [0.25, 0.3) is 0 Å². The van der Waals surface area contributed by atoms with E-state index in [9.17, 15) is 39.0 Å². The third-order valence-electron chi connectivity index (χ3n) is 5.27. The average Bonchev–Trinajstić information content (AvgIpc) is 2.83. The molecular weight excluding hydrogens is 502 g/mol. The molecule has 0 aliphatic heterocycles. The van der Waals surface area contributed by atoms with Crippen molar-refractivity contribution in [2.75, 3.05) is 46.3 Å². The van der Waals surface area contributed by atoms with Crippen molar-refractivity contribution in [3.8, 4) is 0 Å². The van der Waals surface area contributed by atoms with Crippen molar-refractivity contribution < 1.29 is 39.0 Å². The van der Waals surface area contributed by atoms with Crippen molar-refractivity contribution in [2.24, 2.45) is 5.73 Å². The summed E-state index contributed by atoms with van der Waals surface area (Å²) in [6, 6.07) is 0. The van der Waals surface area contributed by atoms with Crippen LogP contribution < -0.4 is 27.0 Å². The Morgan fingerprint density at radius 2 is 1.03 bits per heavy atom. The predicted octanol–water partition coefficient (Wildman–Crippen LogP) is -2.15. The molecule has 218 valence electrons. The van der Waals surface area contributed by atoms with Crippen molar-refractivity contribution in [1.29, 1.82) is 0 Å². The Morgan fingerprint density at radius 1 is 0.632 bits per heavy atom. The first-order valence-electron chi connectivity index (χ1n) is 12.7. The summed E-state index contributed by atoms with van der Waals surface area (Å²) in [6.45, 7) is 5.98. The zero-order chi connectivity index (χ0) is 29.1. The van der Waals surface area contributed by atoms with Gasteiger partial charge in [-0.1, -0.05) is 13.8 Å². The second-order valence-electron chi connectivity index (χ2n) is 8.75. The molecule has 38 heavy (non-hydrogen) atoms. The van der Waals surface area contributed by atoms with Gasteiger partial charge in [-0.3, -0.25) is 19.2 Å². The summed E-state index contributed by atoms with van der Waals surface area (Å²) < 4.78 is 0. The lowest BCUT2D eigenvalue weighted by atomic mass is 10.2. The SMILES string of the molecule is CCCC(=O)NC(NC(=O)CCN(CCC)CCC(=O)NC(NC(=O)CCN(C)CCN)C(=O)O)C(=O)O. The van der Waals surface area contributed by atoms with Crippen LogP contribution in [0.4, 0.5) is 0 Å². The van der Waals surface area contributed by atoms with Crippen LogP contribution in [-0.2, 0) is 28.8 Å². The number of carbonyl (C=O) groups excluding carboxylic acids is 4.